The standard InChI is InChI=1S/C15H15ClN2O2/c1-10-4-3-5-13(11(10)2)17-14(19)9-18-8-12(16)6-7-15(18)20/h3-8H,9H2,1-2H3,(H,17,19). The second-order valence-corrected chi connectivity index (χ2v) is 5.05. The van der Waals surface area contributed by atoms with E-state index in [4.69, 9.17) is 11.6 Å². The zero-order chi connectivity index (χ0) is 14.7. The topological polar surface area (TPSA) is 51.1 Å². The van der Waals surface area contributed by atoms with E-state index in [0.717, 1.165) is 16.8 Å². The number of anilines is 1. The summed E-state index contributed by atoms with van der Waals surface area (Å²) in [5, 5.41) is 3.22. The molecule has 1 amide bonds. The first-order valence-electron chi connectivity index (χ1n) is 6.19. The fourth-order valence-electron chi connectivity index (χ4n) is 1.86. The summed E-state index contributed by atoms with van der Waals surface area (Å²) in [5.41, 5.74) is 2.61. The molecule has 1 aromatic carbocycles. The second-order valence-electron chi connectivity index (χ2n) is 4.61. The molecule has 1 aromatic heterocycles. The van der Waals surface area contributed by atoms with E-state index >= 15 is 0 Å². The minimum absolute atomic E-state index is 0.0627. The first kappa shape index (κ1) is 14.3. The molecule has 0 radical (unpaired) electrons. The normalized spacial score (nSPS) is 10.3. The molecule has 5 heteroatoms. The van der Waals surface area contributed by atoms with E-state index in [0.29, 0.717) is 5.02 Å². The highest BCUT2D eigenvalue weighted by Gasteiger charge is 2.08. The molecule has 0 spiro atoms. The van der Waals surface area contributed by atoms with Gasteiger partial charge in [-0.3, -0.25) is 9.59 Å². The molecule has 0 aliphatic carbocycles. The Morgan fingerprint density at radius 2 is 2.00 bits per heavy atom. The lowest BCUT2D eigenvalue weighted by atomic mass is 10.1. The number of halogens is 1. The van der Waals surface area contributed by atoms with Crippen LogP contribution in [-0.4, -0.2) is 10.5 Å². The molecule has 0 saturated heterocycles. The van der Waals surface area contributed by atoms with Crippen LogP contribution in [-0.2, 0) is 11.3 Å². The van der Waals surface area contributed by atoms with Crippen molar-refractivity contribution in [2.75, 3.05) is 5.32 Å². The van der Waals surface area contributed by atoms with Crippen LogP contribution in [0.25, 0.3) is 0 Å². The number of carbonyl (C=O) groups excluding carboxylic acids is 1. The Morgan fingerprint density at radius 3 is 2.75 bits per heavy atom. The number of carbonyl (C=O) groups is 1. The van der Waals surface area contributed by atoms with Crippen molar-refractivity contribution in [3.8, 4) is 0 Å². The van der Waals surface area contributed by atoms with Gasteiger partial charge >= 0.3 is 0 Å². The Hall–Kier alpha value is -2.07. The highest BCUT2D eigenvalue weighted by Crippen LogP contribution is 2.17. The predicted octanol–water partition coefficient (Wildman–Crippen LogP) is 2.76. The Bertz CT molecular complexity index is 707. The zero-order valence-corrected chi connectivity index (χ0v) is 12.1. The fourth-order valence-corrected chi connectivity index (χ4v) is 2.04. The first-order chi connectivity index (χ1) is 9.47. The highest BCUT2D eigenvalue weighted by atomic mass is 35.5. The number of hydrogen-bond donors (Lipinski definition) is 1. The number of nitrogens with zero attached hydrogens (tertiary/aromatic N) is 1. The van der Waals surface area contributed by atoms with Crippen molar-refractivity contribution in [3.63, 3.8) is 0 Å². The fraction of sp³-hybridized carbons (Fsp3) is 0.200. The maximum Gasteiger partial charge on any atom is 0.251 e. The average molecular weight is 291 g/mol. The van der Waals surface area contributed by atoms with Crippen LogP contribution in [0.3, 0.4) is 0 Å². The molecular weight excluding hydrogens is 276 g/mol. The molecule has 0 atom stereocenters. The van der Waals surface area contributed by atoms with Gasteiger partial charge in [-0.25, -0.2) is 0 Å². The van der Waals surface area contributed by atoms with Crippen molar-refractivity contribution in [3.05, 3.63) is 63.0 Å². The van der Waals surface area contributed by atoms with Crippen molar-refractivity contribution in [2.24, 2.45) is 0 Å². The van der Waals surface area contributed by atoms with Gasteiger partial charge in [-0.2, -0.15) is 0 Å². The summed E-state index contributed by atoms with van der Waals surface area (Å²) in [7, 11) is 0. The van der Waals surface area contributed by atoms with Gasteiger partial charge in [0, 0.05) is 18.0 Å². The first-order valence-corrected chi connectivity index (χ1v) is 6.57. The SMILES string of the molecule is Cc1cccc(NC(=O)Cn2cc(Cl)ccc2=O)c1C. The second kappa shape index (κ2) is 5.92. The molecule has 20 heavy (non-hydrogen) atoms. The monoisotopic (exact) mass is 290 g/mol. The number of aryl methyl sites for hydroxylation is 1. The van der Waals surface area contributed by atoms with Gasteiger partial charge in [0.2, 0.25) is 5.91 Å². The number of nitrogens with one attached hydrogen (secondary N) is 1. The lowest BCUT2D eigenvalue weighted by Crippen LogP contribution is -2.26. The number of benzene rings is 1. The summed E-state index contributed by atoms with van der Waals surface area (Å²) in [6, 6.07) is 8.54. The molecule has 1 N–H and O–H groups in total. The van der Waals surface area contributed by atoms with Crippen molar-refractivity contribution in [1.29, 1.82) is 0 Å². The molecule has 2 aromatic rings. The number of amides is 1. The molecule has 0 fully saturated rings. The van der Waals surface area contributed by atoms with E-state index in [1.165, 1.54) is 22.9 Å². The largest absolute Gasteiger partial charge is 0.324 e. The van der Waals surface area contributed by atoms with Gasteiger partial charge in [0.25, 0.3) is 5.56 Å². The Labute approximate surface area is 122 Å². The summed E-state index contributed by atoms with van der Waals surface area (Å²) in [6.45, 7) is 3.86. The van der Waals surface area contributed by atoms with E-state index in [2.05, 4.69) is 5.32 Å². The Kier molecular flexibility index (Phi) is 4.25. The molecule has 0 saturated carbocycles. The van der Waals surface area contributed by atoms with E-state index < -0.39 is 0 Å². The van der Waals surface area contributed by atoms with Crippen LogP contribution in [0.15, 0.2) is 41.3 Å². The van der Waals surface area contributed by atoms with E-state index in [1.807, 2.05) is 32.0 Å². The summed E-state index contributed by atoms with van der Waals surface area (Å²) < 4.78 is 1.28. The van der Waals surface area contributed by atoms with Gasteiger partial charge in [0.05, 0.1) is 5.02 Å². The molecule has 0 unspecified atom stereocenters. The van der Waals surface area contributed by atoms with Crippen molar-refractivity contribution in [1.82, 2.24) is 4.57 Å². The molecule has 0 aliphatic heterocycles. The summed E-state index contributed by atoms with van der Waals surface area (Å²) in [4.78, 5) is 23.6. The molecule has 4 nitrogen and oxygen atoms in total. The Balaban J connectivity index is 2.15. The van der Waals surface area contributed by atoms with Gasteiger partial charge in [-0.05, 0) is 37.1 Å². The zero-order valence-electron chi connectivity index (χ0n) is 11.3. The van der Waals surface area contributed by atoms with Crippen LogP contribution in [0.1, 0.15) is 11.1 Å². The quantitative estimate of drug-likeness (QED) is 0.945. The van der Waals surface area contributed by atoms with Gasteiger partial charge in [0.1, 0.15) is 6.54 Å². The molecular formula is C15H15ClN2O2. The smallest absolute Gasteiger partial charge is 0.251 e. The van der Waals surface area contributed by atoms with E-state index in [1.54, 1.807) is 0 Å². The minimum atomic E-state index is -0.261. The third kappa shape index (κ3) is 3.27. The van der Waals surface area contributed by atoms with Crippen LogP contribution in [0.4, 0.5) is 5.69 Å². The molecule has 0 bridgehead atoms. The molecule has 104 valence electrons. The molecule has 1 heterocycles. The Morgan fingerprint density at radius 1 is 1.25 bits per heavy atom. The lowest BCUT2D eigenvalue weighted by molar-refractivity contribution is -0.116. The van der Waals surface area contributed by atoms with Crippen molar-refractivity contribution >= 4 is 23.2 Å². The summed E-state index contributed by atoms with van der Waals surface area (Å²) in [6.07, 6.45) is 1.45. The third-order valence-electron chi connectivity index (χ3n) is 3.14. The van der Waals surface area contributed by atoms with Gasteiger partial charge in [-0.15, -0.1) is 0 Å². The molecule has 0 aliphatic rings. The molecule has 2 rings (SSSR count). The summed E-state index contributed by atoms with van der Waals surface area (Å²) >= 11 is 5.82. The van der Waals surface area contributed by atoms with Gasteiger partial charge < -0.3 is 9.88 Å². The highest BCUT2D eigenvalue weighted by molar-refractivity contribution is 6.30. The number of hydrogen-bond acceptors (Lipinski definition) is 2. The van der Waals surface area contributed by atoms with Crippen LogP contribution in [0, 0.1) is 13.8 Å². The van der Waals surface area contributed by atoms with Crippen LogP contribution < -0.4 is 10.9 Å². The minimum Gasteiger partial charge on any atom is -0.324 e. The van der Waals surface area contributed by atoms with Crippen LogP contribution in [0.5, 0.6) is 0 Å². The average Bonchev–Trinajstić information content (AvgIpc) is 2.39. The van der Waals surface area contributed by atoms with Gasteiger partial charge in [0.15, 0.2) is 0 Å². The lowest BCUT2D eigenvalue weighted by Gasteiger charge is -2.11. The number of pyridine rings is 1. The van der Waals surface area contributed by atoms with Crippen LogP contribution in [0.2, 0.25) is 5.02 Å². The predicted molar refractivity (Wildman–Crippen MR) is 80.3 cm³/mol. The van der Waals surface area contributed by atoms with Crippen LogP contribution >= 0.6 is 11.6 Å². The number of aromatic nitrogens is 1. The number of rotatable bonds is 3. The summed E-state index contributed by atoms with van der Waals surface area (Å²) in [5.74, 6) is -0.261. The maximum absolute atomic E-state index is 12.0. The van der Waals surface area contributed by atoms with Crippen molar-refractivity contribution < 1.29 is 4.79 Å². The van der Waals surface area contributed by atoms with Gasteiger partial charge in [-0.1, -0.05) is 23.7 Å². The van der Waals surface area contributed by atoms with Crippen molar-refractivity contribution in [2.45, 2.75) is 20.4 Å². The maximum atomic E-state index is 12.0. The van der Waals surface area contributed by atoms with E-state index in [-0.39, 0.29) is 18.0 Å². The third-order valence-corrected chi connectivity index (χ3v) is 3.36. The van der Waals surface area contributed by atoms with E-state index in [9.17, 15) is 9.59 Å².